The van der Waals surface area contributed by atoms with Crippen molar-refractivity contribution in [3.8, 4) is 0 Å². The van der Waals surface area contributed by atoms with Crippen molar-refractivity contribution in [3.63, 3.8) is 0 Å². The number of nitrogens with one attached hydrogen (secondary N) is 1. The average molecular weight is 264 g/mol. The van der Waals surface area contributed by atoms with Gasteiger partial charge in [0.25, 0.3) is 0 Å². The first-order chi connectivity index (χ1) is 9.05. The van der Waals surface area contributed by atoms with Gasteiger partial charge < -0.3 is 16.2 Å². The first-order valence-corrected chi connectivity index (χ1v) is 6.73. The van der Waals surface area contributed by atoms with Crippen molar-refractivity contribution in [1.82, 2.24) is 5.32 Å². The van der Waals surface area contributed by atoms with Crippen LogP contribution in [0.5, 0.6) is 0 Å². The van der Waals surface area contributed by atoms with Crippen molar-refractivity contribution >= 4 is 5.91 Å². The summed E-state index contributed by atoms with van der Waals surface area (Å²) in [5.74, 6) is 0.390. The number of carbonyl (C=O) groups is 1. The Bertz CT molecular complexity index is 388. The molecule has 0 saturated carbocycles. The molecule has 0 aliphatic heterocycles. The molecule has 0 saturated heterocycles. The van der Waals surface area contributed by atoms with E-state index in [-0.39, 0.29) is 18.6 Å². The lowest BCUT2D eigenvalue weighted by molar-refractivity contribution is -0.121. The molecule has 1 aromatic carbocycles. The Balaban J connectivity index is 2.49. The van der Waals surface area contributed by atoms with Crippen LogP contribution in [-0.2, 0) is 17.8 Å². The van der Waals surface area contributed by atoms with Gasteiger partial charge in [-0.15, -0.1) is 0 Å². The van der Waals surface area contributed by atoms with Crippen LogP contribution in [0.4, 0.5) is 0 Å². The van der Waals surface area contributed by atoms with E-state index in [0.29, 0.717) is 18.9 Å². The van der Waals surface area contributed by atoms with Gasteiger partial charge in [-0.2, -0.15) is 0 Å². The van der Waals surface area contributed by atoms with Gasteiger partial charge in [-0.3, -0.25) is 4.79 Å². The zero-order valence-electron chi connectivity index (χ0n) is 11.7. The number of hydrogen-bond acceptors (Lipinski definition) is 3. The molecule has 0 aliphatic carbocycles. The van der Waals surface area contributed by atoms with Crippen LogP contribution in [0.3, 0.4) is 0 Å². The fourth-order valence-electron chi connectivity index (χ4n) is 2.01. The Morgan fingerprint density at radius 2 is 1.84 bits per heavy atom. The molecule has 0 spiro atoms. The number of hydrogen-bond donors (Lipinski definition) is 3. The molecule has 1 unspecified atom stereocenters. The highest BCUT2D eigenvalue weighted by atomic mass is 16.3. The van der Waals surface area contributed by atoms with E-state index in [0.717, 1.165) is 17.5 Å². The summed E-state index contributed by atoms with van der Waals surface area (Å²) in [6, 6.07) is 7.53. The van der Waals surface area contributed by atoms with Crippen molar-refractivity contribution < 1.29 is 9.90 Å². The molecule has 0 aromatic heterocycles. The second kappa shape index (κ2) is 7.92. The number of amides is 1. The zero-order valence-corrected chi connectivity index (χ0v) is 11.7. The molecule has 1 aromatic rings. The minimum Gasteiger partial charge on any atom is -0.394 e. The summed E-state index contributed by atoms with van der Waals surface area (Å²) in [5, 5.41) is 12.1. The smallest absolute Gasteiger partial charge is 0.224 e. The van der Waals surface area contributed by atoms with Crippen LogP contribution < -0.4 is 11.1 Å². The Kier molecular flexibility index (Phi) is 6.53. The molecule has 4 nitrogen and oxygen atoms in total. The van der Waals surface area contributed by atoms with E-state index in [4.69, 9.17) is 5.73 Å². The third kappa shape index (κ3) is 5.85. The molecule has 0 fully saturated rings. The molecule has 106 valence electrons. The van der Waals surface area contributed by atoms with Gasteiger partial charge in [-0.05, 0) is 23.5 Å². The SMILES string of the molecule is CC(C)CC(CO)NC(=O)Cc1ccc(CN)cc1. The van der Waals surface area contributed by atoms with Crippen LogP contribution in [0.1, 0.15) is 31.4 Å². The van der Waals surface area contributed by atoms with Gasteiger partial charge in [0.2, 0.25) is 5.91 Å². The number of nitrogens with two attached hydrogens (primary N) is 1. The van der Waals surface area contributed by atoms with Gasteiger partial charge in [-0.1, -0.05) is 38.1 Å². The highest BCUT2D eigenvalue weighted by Crippen LogP contribution is 2.07. The summed E-state index contributed by atoms with van der Waals surface area (Å²) in [5.41, 5.74) is 7.53. The van der Waals surface area contributed by atoms with E-state index in [1.54, 1.807) is 0 Å². The molecule has 1 atom stereocenters. The van der Waals surface area contributed by atoms with Crippen LogP contribution in [-0.4, -0.2) is 23.7 Å². The number of aliphatic hydroxyl groups is 1. The molecule has 1 rings (SSSR count). The first kappa shape index (κ1) is 15.7. The summed E-state index contributed by atoms with van der Waals surface area (Å²) >= 11 is 0. The standard InChI is InChI=1S/C15H24N2O2/c1-11(2)7-14(10-18)17-15(19)8-12-3-5-13(9-16)6-4-12/h3-6,11,14,18H,7-10,16H2,1-2H3,(H,17,19). The van der Waals surface area contributed by atoms with E-state index in [1.165, 1.54) is 0 Å². The predicted molar refractivity (Wildman–Crippen MR) is 76.5 cm³/mol. The third-order valence-corrected chi connectivity index (χ3v) is 2.96. The van der Waals surface area contributed by atoms with Gasteiger partial charge in [-0.25, -0.2) is 0 Å². The van der Waals surface area contributed by atoms with Crippen LogP contribution in [0.25, 0.3) is 0 Å². The summed E-state index contributed by atoms with van der Waals surface area (Å²) in [6.45, 7) is 4.63. The van der Waals surface area contributed by atoms with Gasteiger partial charge in [0.15, 0.2) is 0 Å². The lowest BCUT2D eigenvalue weighted by atomic mass is 10.0. The van der Waals surface area contributed by atoms with Crippen molar-refractivity contribution in [2.45, 2.75) is 39.3 Å². The Morgan fingerprint density at radius 3 is 2.32 bits per heavy atom. The molecular weight excluding hydrogens is 240 g/mol. The molecule has 0 aliphatic rings. The number of rotatable bonds is 7. The lowest BCUT2D eigenvalue weighted by Crippen LogP contribution is -2.39. The van der Waals surface area contributed by atoms with E-state index in [2.05, 4.69) is 19.2 Å². The van der Waals surface area contributed by atoms with E-state index in [9.17, 15) is 9.90 Å². The zero-order chi connectivity index (χ0) is 14.3. The van der Waals surface area contributed by atoms with Gasteiger partial charge >= 0.3 is 0 Å². The monoisotopic (exact) mass is 264 g/mol. The first-order valence-electron chi connectivity index (χ1n) is 6.73. The summed E-state index contributed by atoms with van der Waals surface area (Å²) in [7, 11) is 0. The van der Waals surface area contributed by atoms with Gasteiger partial charge in [0.1, 0.15) is 0 Å². The number of benzene rings is 1. The van der Waals surface area contributed by atoms with E-state index in [1.807, 2.05) is 24.3 Å². The molecule has 4 heteroatoms. The summed E-state index contributed by atoms with van der Waals surface area (Å²) in [6.07, 6.45) is 1.12. The van der Waals surface area contributed by atoms with Crippen molar-refractivity contribution in [3.05, 3.63) is 35.4 Å². The quantitative estimate of drug-likeness (QED) is 0.693. The van der Waals surface area contributed by atoms with Crippen LogP contribution >= 0.6 is 0 Å². The Labute approximate surface area is 115 Å². The maximum absolute atomic E-state index is 11.9. The normalized spacial score (nSPS) is 12.5. The van der Waals surface area contributed by atoms with Crippen molar-refractivity contribution in [2.75, 3.05) is 6.61 Å². The van der Waals surface area contributed by atoms with Crippen LogP contribution in [0, 0.1) is 5.92 Å². The number of aliphatic hydroxyl groups excluding tert-OH is 1. The molecule has 0 bridgehead atoms. The lowest BCUT2D eigenvalue weighted by Gasteiger charge is -2.18. The Hall–Kier alpha value is -1.39. The van der Waals surface area contributed by atoms with E-state index < -0.39 is 0 Å². The average Bonchev–Trinajstić information content (AvgIpc) is 2.38. The van der Waals surface area contributed by atoms with Crippen molar-refractivity contribution in [2.24, 2.45) is 11.7 Å². The molecule has 0 heterocycles. The highest BCUT2D eigenvalue weighted by molar-refractivity contribution is 5.78. The minimum absolute atomic E-state index is 0.0178. The Morgan fingerprint density at radius 1 is 1.26 bits per heavy atom. The van der Waals surface area contributed by atoms with E-state index >= 15 is 0 Å². The largest absolute Gasteiger partial charge is 0.394 e. The topological polar surface area (TPSA) is 75.3 Å². The molecule has 4 N–H and O–H groups in total. The summed E-state index contributed by atoms with van der Waals surface area (Å²) < 4.78 is 0. The number of carbonyl (C=O) groups excluding carboxylic acids is 1. The fourth-order valence-corrected chi connectivity index (χ4v) is 2.01. The second-order valence-electron chi connectivity index (χ2n) is 5.27. The fraction of sp³-hybridized carbons (Fsp3) is 0.533. The van der Waals surface area contributed by atoms with Crippen molar-refractivity contribution in [1.29, 1.82) is 0 Å². The molecular formula is C15H24N2O2. The molecule has 1 amide bonds. The second-order valence-corrected chi connectivity index (χ2v) is 5.27. The maximum Gasteiger partial charge on any atom is 0.224 e. The predicted octanol–water partition coefficient (Wildman–Crippen LogP) is 1.21. The van der Waals surface area contributed by atoms with Gasteiger partial charge in [0.05, 0.1) is 19.1 Å². The summed E-state index contributed by atoms with van der Waals surface area (Å²) in [4.78, 5) is 11.9. The third-order valence-electron chi connectivity index (χ3n) is 2.96. The maximum atomic E-state index is 11.9. The molecule has 0 radical (unpaired) electrons. The highest BCUT2D eigenvalue weighted by Gasteiger charge is 2.13. The minimum atomic E-state index is -0.157. The van der Waals surface area contributed by atoms with Crippen LogP contribution in [0.2, 0.25) is 0 Å². The van der Waals surface area contributed by atoms with Gasteiger partial charge in [0, 0.05) is 6.54 Å². The van der Waals surface area contributed by atoms with Crippen LogP contribution in [0.15, 0.2) is 24.3 Å². The molecule has 19 heavy (non-hydrogen) atoms.